The number of nitrogens with one attached hydrogen (secondary N) is 1. The van der Waals surface area contributed by atoms with Gasteiger partial charge in [-0.1, -0.05) is 13.0 Å². The highest BCUT2D eigenvalue weighted by Gasteiger charge is 2.22. The molecule has 0 radical (unpaired) electrons. The standard InChI is InChI=1S/C22H19F2N3O2/c1-2-18-22(27-20(29)10-12-3-7-16(23)17(24)9-12)26-19-8-4-13-11-14(28)5-6-15(13)21(19)25-18/h3,5-7,9,11,28H,2,4,8,10H2,1H3,(H,26,27,29). The lowest BCUT2D eigenvalue weighted by Gasteiger charge is -2.20. The number of hydrogen-bond donors (Lipinski definition) is 2. The van der Waals surface area contributed by atoms with Gasteiger partial charge in [0, 0.05) is 5.56 Å². The zero-order valence-electron chi connectivity index (χ0n) is 15.8. The van der Waals surface area contributed by atoms with Gasteiger partial charge in [-0.25, -0.2) is 18.7 Å². The summed E-state index contributed by atoms with van der Waals surface area (Å²) >= 11 is 0. The van der Waals surface area contributed by atoms with Gasteiger partial charge < -0.3 is 10.4 Å². The van der Waals surface area contributed by atoms with Crippen molar-refractivity contribution >= 4 is 11.7 Å². The van der Waals surface area contributed by atoms with E-state index in [9.17, 15) is 18.7 Å². The average Bonchev–Trinajstić information content (AvgIpc) is 2.69. The molecule has 0 bridgehead atoms. The molecular formula is C22H19F2N3O2. The number of benzene rings is 2. The number of nitrogens with zero attached hydrogens (tertiary/aromatic N) is 2. The number of hydrogen-bond acceptors (Lipinski definition) is 4. The van der Waals surface area contributed by atoms with Crippen molar-refractivity contribution in [2.75, 3.05) is 5.32 Å². The lowest BCUT2D eigenvalue weighted by Crippen LogP contribution is -2.19. The number of amides is 1. The molecule has 5 nitrogen and oxygen atoms in total. The van der Waals surface area contributed by atoms with Crippen molar-refractivity contribution in [2.24, 2.45) is 0 Å². The normalized spacial score (nSPS) is 12.2. The fourth-order valence-electron chi connectivity index (χ4n) is 3.52. The van der Waals surface area contributed by atoms with Crippen molar-refractivity contribution in [2.45, 2.75) is 32.6 Å². The van der Waals surface area contributed by atoms with Gasteiger partial charge in [-0.3, -0.25) is 4.79 Å². The lowest BCUT2D eigenvalue weighted by molar-refractivity contribution is -0.115. The summed E-state index contributed by atoms with van der Waals surface area (Å²) in [6.07, 6.45) is 1.84. The van der Waals surface area contributed by atoms with Gasteiger partial charge in [0.25, 0.3) is 0 Å². The van der Waals surface area contributed by atoms with Crippen LogP contribution in [0.3, 0.4) is 0 Å². The van der Waals surface area contributed by atoms with Gasteiger partial charge in [-0.15, -0.1) is 0 Å². The van der Waals surface area contributed by atoms with Crippen LogP contribution in [0.2, 0.25) is 0 Å². The van der Waals surface area contributed by atoms with Crippen molar-refractivity contribution in [1.29, 1.82) is 0 Å². The topological polar surface area (TPSA) is 75.1 Å². The Hall–Kier alpha value is -3.35. The molecular weight excluding hydrogens is 376 g/mol. The summed E-state index contributed by atoms with van der Waals surface area (Å²) in [5.41, 5.74) is 4.52. The van der Waals surface area contributed by atoms with Gasteiger partial charge in [0.2, 0.25) is 5.91 Å². The molecule has 0 atom stereocenters. The third-order valence-electron chi connectivity index (χ3n) is 4.96. The Balaban J connectivity index is 1.61. The molecule has 0 aliphatic heterocycles. The molecule has 0 saturated heterocycles. The van der Waals surface area contributed by atoms with Gasteiger partial charge in [0.1, 0.15) is 5.75 Å². The van der Waals surface area contributed by atoms with Crippen molar-refractivity contribution in [1.82, 2.24) is 9.97 Å². The number of aromatic hydroxyl groups is 1. The molecule has 1 amide bonds. The van der Waals surface area contributed by atoms with Crippen molar-refractivity contribution in [3.63, 3.8) is 0 Å². The van der Waals surface area contributed by atoms with Crippen LogP contribution in [0.5, 0.6) is 5.75 Å². The van der Waals surface area contributed by atoms with Crippen LogP contribution in [0.4, 0.5) is 14.6 Å². The number of halogens is 2. The molecule has 29 heavy (non-hydrogen) atoms. The fourth-order valence-corrected chi connectivity index (χ4v) is 3.52. The maximum atomic E-state index is 13.4. The first-order chi connectivity index (χ1) is 13.9. The monoisotopic (exact) mass is 395 g/mol. The predicted octanol–water partition coefficient (Wildman–Crippen LogP) is 3.97. The van der Waals surface area contributed by atoms with E-state index in [4.69, 9.17) is 4.98 Å². The molecule has 0 saturated carbocycles. The van der Waals surface area contributed by atoms with Crippen LogP contribution >= 0.6 is 0 Å². The number of fused-ring (bicyclic) bond motifs is 3. The summed E-state index contributed by atoms with van der Waals surface area (Å²) < 4.78 is 26.4. The van der Waals surface area contributed by atoms with Crippen molar-refractivity contribution in [3.05, 3.63) is 70.5 Å². The van der Waals surface area contributed by atoms with E-state index >= 15 is 0 Å². The minimum absolute atomic E-state index is 0.0960. The molecule has 1 heterocycles. The molecule has 0 spiro atoms. The van der Waals surface area contributed by atoms with Gasteiger partial charge in [-0.05, 0) is 60.7 Å². The lowest BCUT2D eigenvalue weighted by atomic mass is 9.91. The van der Waals surface area contributed by atoms with Gasteiger partial charge >= 0.3 is 0 Å². The number of aromatic nitrogens is 2. The summed E-state index contributed by atoms with van der Waals surface area (Å²) in [7, 11) is 0. The zero-order valence-corrected chi connectivity index (χ0v) is 15.8. The van der Waals surface area contributed by atoms with Gasteiger partial charge in [0.15, 0.2) is 17.5 Å². The number of aryl methyl sites for hydroxylation is 3. The Morgan fingerprint density at radius 1 is 1.10 bits per heavy atom. The molecule has 1 aliphatic carbocycles. The molecule has 148 valence electrons. The van der Waals surface area contributed by atoms with Crippen LogP contribution < -0.4 is 5.32 Å². The first-order valence-electron chi connectivity index (χ1n) is 9.40. The Morgan fingerprint density at radius 2 is 1.93 bits per heavy atom. The highest BCUT2D eigenvalue weighted by atomic mass is 19.2. The van der Waals surface area contributed by atoms with Crippen molar-refractivity contribution in [3.8, 4) is 17.0 Å². The Morgan fingerprint density at radius 3 is 2.69 bits per heavy atom. The molecule has 7 heteroatoms. The molecule has 4 rings (SSSR count). The highest BCUT2D eigenvalue weighted by molar-refractivity contribution is 5.92. The van der Waals surface area contributed by atoms with Crippen LogP contribution in [-0.4, -0.2) is 21.0 Å². The summed E-state index contributed by atoms with van der Waals surface area (Å²) in [5.74, 6) is -1.70. The molecule has 1 aromatic heterocycles. The SMILES string of the molecule is CCc1nc2c(nc1NC(=O)Cc1ccc(F)c(F)c1)CCc1cc(O)ccc1-2. The van der Waals surface area contributed by atoms with E-state index in [1.54, 1.807) is 12.1 Å². The van der Waals surface area contributed by atoms with Crippen LogP contribution in [0.15, 0.2) is 36.4 Å². The van der Waals surface area contributed by atoms with Crippen molar-refractivity contribution < 1.29 is 18.7 Å². The Kier molecular flexibility index (Phi) is 4.96. The summed E-state index contributed by atoms with van der Waals surface area (Å²) in [5, 5.41) is 12.5. The van der Waals surface area contributed by atoms with Crippen LogP contribution in [0.1, 0.15) is 29.4 Å². The molecule has 2 N–H and O–H groups in total. The number of carbonyl (C=O) groups excluding carboxylic acids is 1. The zero-order chi connectivity index (χ0) is 20.5. The Bertz CT molecular complexity index is 1120. The molecule has 0 fully saturated rings. The third-order valence-corrected chi connectivity index (χ3v) is 4.96. The van der Waals surface area contributed by atoms with E-state index in [0.29, 0.717) is 29.9 Å². The van der Waals surface area contributed by atoms with E-state index in [0.717, 1.165) is 41.1 Å². The molecule has 1 aliphatic rings. The minimum Gasteiger partial charge on any atom is -0.508 e. The van der Waals surface area contributed by atoms with E-state index in [2.05, 4.69) is 10.3 Å². The fraction of sp³-hybridized carbons (Fsp3) is 0.227. The summed E-state index contributed by atoms with van der Waals surface area (Å²) in [6, 6.07) is 8.59. The number of carbonyl (C=O) groups is 1. The third kappa shape index (κ3) is 3.81. The van der Waals surface area contributed by atoms with E-state index in [-0.39, 0.29) is 18.1 Å². The van der Waals surface area contributed by atoms with E-state index in [1.165, 1.54) is 6.07 Å². The van der Waals surface area contributed by atoms with Gasteiger partial charge in [0.05, 0.1) is 23.5 Å². The molecule has 0 unspecified atom stereocenters. The second-order valence-electron chi connectivity index (χ2n) is 6.98. The summed E-state index contributed by atoms with van der Waals surface area (Å²) in [4.78, 5) is 21.8. The van der Waals surface area contributed by atoms with Gasteiger partial charge in [-0.2, -0.15) is 0 Å². The molecule has 2 aromatic carbocycles. The number of anilines is 1. The smallest absolute Gasteiger partial charge is 0.229 e. The van der Waals surface area contributed by atoms with Crippen LogP contribution in [0.25, 0.3) is 11.3 Å². The Labute approximate surface area is 166 Å². The van der Waals surface area contributed by atoms with Crippen LogP contribution in [0, 0.1) is 11.6 Å². The number of phenols is 1. The van der Waals surface area contributed by atoms with Crippen LogP contribution in [-0.2, 0) is 30.5 Å². The van der Waals surface area contributed by atoms with E-state index in [1.807, 2.05) is 13.0 Å². The highest BCUT2D eigenvalue weighted by Crippen LogP contribution is 2.34. The maximum Gasteiger partial charge on any atom is 0.229 e. The predicted molar refractivity (Wildman–Crippen MR) is 105 cm³/mol. The second-order valence-corrected chi connectivity index (χ2v) is 6.98. The summed E-state index contributed by atoms with van der Waals surface area (Å²) in [6.45, 7) is 1.92. The first-order valence-corrected chi connectivity index (χ1v) is 9.40. The second kappa shape index (κ2) is 7.58. The maximum absolute atomic E-state index is 13.4. The number of rotatable bonds is 4. The minimum atomic E-state index is -0.983. The first kappa shape index (κ1) is 19.0. The quantitative estimate of drug-likeness (QED) is 0.701. The number of phenolic OH excluding ortho intramolecular Hbond substituents is 1. The van der Waals surface area contributed by atoms with E-state index < -0.39 is 11.6 Å². The largest absolute Gasteiger partial charge is 0.508 e. The average molecular weight is 395 g/mol. The molecule has 3 aromatic rings.